The first kappa shape index (κ1) is 21.3. The van der Waals surface area contributed by atoms with Crippen molar-refractivity contribution in [2.24, 2.45) is 17.6 Å². The van der Waals surface area contributed by atoms with Gasteiger partial charge < -0.3 is 21.4 Å². The summed E-state index contributed by atoms with van der Waals surface area (Å²) in [6, 6.07) is 7.38. The van der Waals surface area contributed by atoms with E-state index in [9.17, 15) is 14.4 Å². The zero-order valence-electron chi connectivity index (χ0n) is 16.1. The molecular weight excluding hydrogens is 392 g/mol. The van der Waals surface area contributed by atoms with E-state index in [1.165, 1.54) is 12.6 Å². The molecule has 1 aromatic carbocycles. The van der Waals surface area contributed by atoms with Crippen LogP contribution in [-0.2, 0) is 4.79 Å². The number of carbonyl (C=O) groups is 2. The molecule has 2 bridgehead atoms. The van der Waals surface area contributed by atoms with Crippen LogP contribution in [0.15, 0.2) is 35.3 Å². The maximum Gasteiger partial charge on any atom is 0.257 e. The number of nitrogens with one attached hydrogen (secondary N) is 3. The summed E-state index contributed by atoms with van der Waals surface area (Å²) in [5, 5.41) is 6.12. The van der Waals surface area contributed by atoms with E-state index in [2.05, 4.69) is 15.6 Å². The second kappa shape index (κ2) is 8.97. The van der Waals surface area contributed by atoms with Crippen molar-refractivity contribution in [3.63, 3.8) is 0 Å². The van der Waals surface area contributed by atoms with E-state index in [0.29, 0.717) is 22.7 Å². The maximum atomic E-state index is 12.5. The van der Waals surface area contributed by atoms with E-state index >= 15 is 0 Å². The number of nitrogens with two attached hydrogens (primary N) is 1. The van der Waals surface area contributed by atoms with Gasteiger partial charge in [-0.25, -0.2) is 0 Å². The zero-order valence-corrected chi connectivity index (χ0v) is 17.0. The number of aromatic nitrogens is 1. The molecule has 4 rings (SSSR count). The van der Waals surface area contributed by atoms with Gasteiger partial charge in [0.05, 0.1) is 6.54 Å². The highest BCUT2D eigenvalue weighted by molar-refractivity contribution is 5.98. The van der Waals surface area contributed by atoms with Gasteiger partial charge in [-0.3, -0.25) is 14.4 Å². The van der Waals surface area contributed by atoms with Crippen molar-refractivity contribution in [3.05, 3.63) is 46.2 Å². The minimum atomic E-state index is -0.548. The summed E-state index contributed by atoms with van der Waals surface area (Å²) in [7, 11) is 0. The SMILES string of the molecule is Cl.NC1CC2CCCC(C1)C2NC(=O)CNC(=O)c1c[nH]c2ccccc2c1=O. The van der Waals surface area contributed by atoms with Gasteiger partial charge in [0.2, 0.25) is 11.3 Å². The lowest BCUT2D eigenvalue weighted by molar-refractivity contribution is -0.122. The number of fused-ring (bicyclic) bond motifs is 3. The average molecular weight is 419 g/mol. The van der Waals surface area contributed by atoms with Gasteiger partial charge in [-0.1, -0.05) is 18.6 Å². The molecule has 2 aliphatic carbocycles. The highest BCUT2D eigenvalue weighted by atomic mass is 35.5. The molecule has 2 aliphatic rings. The predicted octanol–water partition coefficient (Wildman–Crippen LogP) is 1.70. The van der Waals surface area contributed by atoms with Crippen molar-refractivity contribution < 1.29 is 9.59 Å². The molecule has 1 aromatic heterocycles. The van der Waals surface area contributed by atoms with E-state index in [1.54, 1.807) is 18.2 Å². The number of H-pyrrole nitrogens is 1. The first-order chi connectivity index (χ1) is 13.5. The van der Waals surface area contributed by atoms with Crippen molar-refractivity contribution in [1.29, 1.82) is 0 Å². The highest BCUT2D eigenvalue weighted by Gasteiger charge is 2.39. The number of carbonyl (C=O) groups excluding carboxylic acids is 2. The smallest absolute Gasteiger partial charge is 0.257 e. The molecule has 1 heterocycles. The van der Waals surface area contributed by atoms with E-state index in [1.807, 2.05) is 6.07 Å². The molecule has 0 spiro atoms. The molecule has 7 nitrogen and oxygen atoms in total. The number of pyridine rings is 1. The lowest BCUT2D eigenvalue weighted by Crippen LogP contribution is -2.55. The Morgan fingerprint density at radius 2 is 1.83 bits per heavy atom. The van der Waals surface area contributed by atoms with Crippen LogP contribution < -0.4 is 21.8 Å². The fourth-order valence-electron chi connectivity index (χ4n) is 4.85. The van der Waals surface area contributed by atoms with Gasteiger partial charge in [0.1, 0.15) is 5.56 Å². The number of hydrogen-bond acceptors (Lipinski definition) is 4. The van der Waals surface area contributed by atoms with Gasteiger partial charge in [-0.2, -0.15) is 0 Å². The molecule has 0 saturated heterocycles. The Kier molecular flexibility index (Phi) is 6.59. The largest absolute Gasteiger partial charge is 0.360 e. The third kappa shape index (κ3) is 4.46. The van der Waals surface area contributed by atoms with Crippen molar-refractivity contribution >= 4 is 35.1 Å². The van der Waals surface area contributed by atoms with Gasteiger partial charge in [-0.15, -0.1) is 12.4 Å². The highest BCUT2D eigenvalue weighted by Crippen LogP contribution is 2.39. The van der Waals surface area contributed by atoms with Crippen LogP contribution in [0.4, 0.5) is 0 Å². The number of rotatable bonds is 4. The summed E-state index contributed by atoms with van der Waals surface area (Å²) in [5.74, 6) is 0.0759. The van der Waals surface area contributed by atoms with E-state index < -0.39 is 5.91 Å². The molecule has 2 atom stereocenters. The number of aromatic amines is 1. The number of benzene rings is 1. The van der Waals surface area contributed by atoms with Crippen LogP contribution in [0.1, 0.15) is 42.5 Å². The van der Waals surface area contributed by atoms with E-state index in [0.717, 1.165) is 25.7 Å². The monoisotopic (exact) mass is 418 g/mol. The summed E-state index contributed by atoms with van der Waals surface area (Å²) in [6.07, 6.45) is 6.66. The van der Waals surface area contributed by atoms with Gasteiger partial charge in [0.25, 0.3) is 5.91 Å². The topological polar surface area (TPSA) is 117 Å². The molecule has 0 aliphatic heterocycles. The predicted molar refractivity (Wildman–Crippen MR) is 114 cm³/mol. The third-order valence-corrected chi connectivity index (χ3v) is 6.15. The Labute approximate surface area is 175 Å². The average Bonchev–Trinajstić information content (AvgIpc) is 2.67. The Morgan fingerprint density at radius 3 is 2.55 bits per heavy atom. The Hall–Kier alpha value is -2.38. The summed E-state index contributed by atoms with van der Waals surface area (Å²) in [5.41, 5.74) is 6.46. The number of hydrogen-bond donors (Lipinski definition) is 4. The summed E-state index contributed by atoms with van der Waals surface area (Å²) < 4.78 is 0. The Balaban J connectivity index is 0.00000240. The summed E-state index contributed by atoms with van der Waals surface area (Å²) >= 11 is 0. The number of para-hydroxylation sites is 1. The lowest BCUT2D eigenvalue weighted by atomic mass is 9.67. The molecule has 2 unspecified atom stereocenters. The molecule has 0 radical (unpaired) electrons. The molecule has 29 heavy (non-hydrogen) atoms. The standard InChI is InChI=1S/C21H26N4O3.ClH/c22-14-8-12-4-3-5-13(9-14)19(12)25-18(26)11-24-21(28)16-10-23-17-7-2-1-6-15(17)20(16)27;/h1-2,6-7,10,12-14,19H,3-5,8-9,11,22H2,(H,23,27)(H,24,28)(H,25,26);1H. The zero-order chi connectivity index (χ0) is 19.7. The normalized spacial score (nSPS) is 25.7. The first-order valence-corrected chi connectivity index (χ1v) is 9.96. The van der Waals surface area contributed by atoms with Gasteiger partial charge in [-0.05, 0) is 49.7 Å². The van der Waals surface area contributed by atoms with Gasteiger partial charge >= 0.3 is 0 Å². The van der Waals surface area contributed by atoms with Crippen LogP contribution in [0.2, 0.25) is 0 Å². The fourth-order valence-corrected chi connectivity index (χ4v) is 4.85. The maximum absolute atomic E-state index is 12.5. The first-order valence-electron chi connectivity index (χ1n) is 9.96. The quantitative estimate of drug-likeness (QED) is 0.604. The van der Waals surface area contributed by atoms with Crippen LogP contribution in [-0.4, -0.2) is 35.4 Å². The molecule has 2 saturated carbocycles. The molecule has 2 fully saturated rings. The van der Waals surface area contributed by atoms with Crippen LogP contribution in [0.25, 0.3) is 10.9 Å². The second-order valence-corrected chi connectivity index (χ2v) is 8.04. The molecular formula is C21H27ClN4O3. The minimum absolute atomic E-state index is 0. The van der Waals surface area contributed by atoms with Crippen molar-refractivity contribution in [1.82, 2.24) is 15.6 Å². The van der Waals surface area contributed by atoms with Crippen LogP contribution in [0.3, 0.4) is 0 Å². The number of amides is 2. The summed E-state index contributed by atoms with van der Waals surface area (Å²) in [6.45, 7) is -0.146. The lowest BCUT2D eigenvalue weighted by Gasteiger charge is -2.45. The second-order valence-electron chi connectivity index (χ2n) is 8.04. The van der Waals surface area contributed by atoms with Gasteiger partial charge in [0, 0.05) is 29.2 Å². The molecule has 8 heteroatoms. The Bertz CT molecular complexity index is 946. The van der Waals surface area contributed by atoms with Crippen molar-refractivity contribution in [2.75, 3.05) is 6.54 Å². The number of halogens is 1. The van der Waals surface area contributed by atoms with Crippen LogP contribution in [0, 0.1) is 11.8 Å². The molecule has 5 N–H and O–H groups in total. The van der Waals surface area contributed by atoms with Crippen LogP contribution >= 0.6 is 12.4 Å². The van der Waals surface area contributed by atoms with Crippen LogP contribution in [0.5, 0.6) is 0 Å². The molecule has 2 aromatic rings. The minimum Gasteiger partial charge on any atom is -0.360 e. The van der Waals surface area contributed by atoms with Crippen molar-refractivity contribution in [2.45, 2.75) is 44.2 Å². The third-order valence-electron chi connectivity index (χ3n) is 6.15. The molecule has 2 amide bonds. The molecule has 156 valence electrons. The van der Waals surface area contributed by atoms with Crippen molar-refractivity contribution in [3.8, 4) is 0 Å². The van der Waals surface area contributed by atoms with Gasteiger partial charge in [0.15, 0.2) is 0 Å². The Morgan fingerprint density at radius 1 is 1.14 bits per heavy atom. The summed E-state index contributed by atoms with van der Waals surface area (Å²) in [4.78, 5) is 40.3. The van der Waals surface area contributed by atoms with E-state index in [-0.39, 0.29) is 47.9 Å². The fraction of sp³-hybridized carbons (Fsp3) is 0.476. The van der Waals surface area contributed by atoms with E-state index in [4.69, 9.17) is 5.73 Å².